The molecule has 1 nitrogen and oxygen atoms in total. The highest BCUT2D eigenvalue weighted by Gasteiger charge is 2.36. The molecule has 1 aliphatic carbocycles. The van der Waals surface area contributed by atoms with E-state index in [0.29, 0.717) is 5.56 Å². The molecule has 0 atom stereocenters. The normalized spacial score (nSPS) is 17.9. The number of rotatable bonds is 1. The van der Waals surface area contributed by atoms with Crippen molar-refractivity contribution in [1.29, 1.82) is 0 Å². The van der Waals surface area contributed by atoms with Crippen molar-refractivity contribution in [3.63, 3.8) is 0 Å². The van der Waals surface area contributed by atoms with Crippen LogP contribution in [0.15, 0.2) is 18.2 Å². The quantitative estimate of drug-likeness (QED) is 0.771. The van der Waals surface area contributed by atoms with E-state index in [-0.39, 0.29) is 11.7 Å². The fourth-order valence-electron chi connectivity index (χ4n) is 2.38. The van der Waals surface area contributed by atoms with E-state index >= 15 is 0 Å². The van der Waals surface area contributed by atoms with Gasteiger partial charge in [-0.05, 0) is 36.5 Å². The molecule has 0 saturated heterocycles. The van der Waals surface area contributed by atoms with Gasteiger partial charge < -0.3 is 5.11 Å². The summed E-state index contributed by atoms with van der Waals surface area (Å²) in [4.78, 5) is 0. The molecule has 0 unspecified atom stereocenters. The van der Waals surface area contributed by atoms with E-state index < -0.39 is 11.7 Å². The molecule has 1 aromatic rings. The molecule has 0 aliphatic heterocycles. The molecule has 4 heteroatoms. The fraction of sp³-hybridized carbons (Fsp3) is 0.500. The first-order valence-corrected chi connectivity index (χ1v) is 5.38. The summed E-state index contributed by atoms with van der Waals surface area (Å²) < 4.78 is 38.3. The minimum Gasteiger partial charge on any atom is -0.508 e. The predicted octanol–water partition coefficient (Wildman–Crippen LogP) is 4.07. The maximum absolute atomic E-state index is 12.8. The molecule has 1 saturated carbocycles. The van der Waals surface area contributed by atoms with E-state index in [1.54, 1.807) is 0 Å². The first-order chi connectivity index (χ1) is 7.48. The van der Waals surface area contributed by atoms with Gasteiger partial charge in [-0.3, -0.25) is 0 Å². The van der Waals surface area contributed by atoms with Gasteiger partial charge in [0, 0.05) is 0 Å². The minimum atomic E-state index is -4.38. The summed E-state index contributed by atoms with van der Waals surface area (Å²) >= 11 is 0. The number of alkyl halides is 3. The van der Waals surface area contributed by atoms with Crippen LogP contribution in [0.1, 0.15) is 42.7 Å². The van der Waals surface area contributed by atoms with Gasteiger partial charge in [-0.25, -0.2) is 0 Å². The number of hydrogen-bond donors (Lipinski definition) is 1. The molecule has 0 bridgehead atoms. The number of hydrogen-bond acceptors (Lipinski definition) is 1. The van der Waals surface area contributed by atoms with Crippen LogP contribution in [0.3, 0.4) is 0 Å². The van der Waals surface area contributed by atoms with Crippen LogP contribution in [0.5, 0.6) is 5.75 Å². The van der Waals surface area contributed by atoms with Crippen LogP contribution >= 0.6 is 0 Å². The Morgan fingerprint density at radius 3 is 2.31 bits per heavy atom. The molecule has 1 N–H and O–H groups in total. The van der Waals surface area contributed by atoms with Crippen LogP contribution in [0.2, 0.25) is 0 Å². The second-order valence-corrected chi connectivity index (χ2v) is 4.25. The van der Waals surface area contributed by atoms with Crippen LogP contribution in [0.4, 0.5) is 13.2 Å². The van der Waals surface area contributed by atoms with Gasteiger partial charge in [0.1, 0.15) is 5.75 Å². The molecule has 88 valence electrons. The van der Waals surface area contributed by atoms with E-state index in [4.69, 9.17) is 5.11 Å². The second-order valence-electron chi connectivity index (χ2n) is 4.25. The van der Waals surface area contributed by atoms with E-state index in [2.05, 4.69) is 0 Å². The molecule has 0 amide bonds. The molecule has 0 spiro atoms. The average Bonchev–Trinajstić information content (AvgIpc) is 2.69. The third-order valence-electron chi connectivity index (χ3n) is 3.14. The summed E-state index contributed by atoms with van der Waals surface area (Å²) in [5.41, 5.74) is -0.345. The molecule has 2 rings (SSSR count). The Bertz CT molecular complexity index is 378. The Morgan fingerprint density at radius 1 is 1.12 bits per heavy atom. The number of halogens is 3. The molecular weight excluding hydrogens is 217 g/mol. The zero-order valence-electron chi connectivity index (χ0n) is 8.72. The summed E-state index contributed by atoms with van der Waals surface area (Å²) in [6, 6.07) is 3.57. The third-order valence-corrected chi connectivity index (χ3v) is 3.14. The summed E-state index contributed by atoms with van der Waals surface area (Å²) in [5, 5.41) is 9.14. The van der Waals surface area contributed by atoms with Crippen molar-refractivity contribution in [2.24, 2.45) is 0 Å². The average molecular weight is 230 g/mol. The lowest BCUT2D eigenvalue weighted by Gasteiger charge is -2.17. The monoisotopic (exact) mass is 230 g/mol. The maximum Gasteiger partial charge on any atom is 0.416 e. The Kier molecular flexibility index (Phi) is 2.82. The Labute approximate surface area is 91.9 Å². The summed E-state index contributed by atoms with van der Waals surface area (Å²) in [5.74, 6) is -0.328. The number of phenolic OH excluding ortho intramolecular Hbond substituents is 1. The van der Waals surface area contributed by atoms with Gasteiger partial charge in [-0.1, -0.05) is 18.9 Å². The van der Waals surface area contributed by atoms with Gasteiger partial charge >= 0.3 is 6.18 Å². The van der Waals surface area contributed by atoms with Gasteiger partial charge in [-0.2, -0.15) is 13.2 Å². The van der Waals surface area contributed by atoms with Crippen molar-refractivity contribution in [2.75, 3.05) is 0 Å². The van der Waals surface area contributed by atoms with Crippen molar-refractivity contribution < 1.29 is 18.3 Å². The standard InChI is InChI=1S/C12H13F3O/c13-12(14,15)11-7-9(16)5-6-10(11)8-3-1-2-4-8/h5-8,16H,1-4H2. The zero-order valence-corrected chi connectivity index (χ0v) is 8.72. The Hall–Kier alpha value is -1.19. The van der Waals surface area contributed by atoms with Crippen molar-refractivity contribution >= 4 is 0 Å². The van der Waals surface area contributed by atoms with Crippen molar-refractivity contribution in [2.45, 2.75) is 37.8 Å². The molecule has 1 aromatic carbocycles. The highest BCUT2D eigenvalue weighted by atomic mass is 19.4. The lowest BCUT2D eigenvalue weighted by atomic mass is 9.92. The SMILES string of the molecule is Oc1ccc(C2CCCC2)c(C(F)(F)F)c1. The summed E-state index contributed by atoms with van der Waals surface area (Å²) in [7, 11) is 0. The van der Waals surface area contributed by atoms with Crippen molar-refractivity contribution in [3.8, 4) is 5.75 Å². The molecular formula is C12H13F3O. The highest BCUT2D eigenvalue weighted by molar-refractivity contribution is 5.39. The maximum atomic E-state index is 12.8. The number of phenols is 1. The lowest BCUT2D eigenvalue weighted by Crippen LogP contribution is -2.10. The number of benzene rings is 1. The molecule has 0 heterocycles. The smallest absolute Gasteiger partial charge is 0.416 e. The molecule has 1 fully saturated rings. The second kappa shape index (κ2) is 4.00. The predicted molar refractivity (Wildman–Crippen MR) is 54.3 cm³/mol. The number of aromatic hydroxyl groups is 1. The first kappa shape index (κ1) is 11.3. The van der Waals surface area contributed by atoms with Crippen LogP contribution in [0, 0.1) is 0 Å². The molecule has 1 aliphatic rings. The fourth-order valence-corrected chi connectivity index (χ4v) is 2.38. The van der Waals surface area contributed by atoms with Crippen LogP contribution in [-0.2, 0) is 6.18 Å². The summed E-state index contributed by atoms with van der Waals surface area (Å²) in [6.45, 7) is 0. The van der Waals surface area contributed by atoms with Crippen molar-refractivity contribution in [3.05, 3.63) is 29.3 Å². The molecule has 0 aromatic heterocycles. The van der Waals surface area contributed by atoms with Gasteiger partial charge in [0.25, 0.3) is 0 Å². The van der Waals surface area contributed by atoms with Crippen LogP contribution in [0.25, 0.3) is 0 Å². The molecule has 0 radical (unpaired) electrons. The highest BCUT2D eigenvalue weighted by Crippen LogP contribution is 2.42. The van der Waals surface area contributed by atoms with E-state index in [9.17, 15) is 13.2 Å². The van der Waals surface area contributed by atoms with Crippen LogP contribution in [-0.4, -0.2) is 5.11 Å². The Balaban J connectivity index is 2.43. The first-order valence-electron chi connectivity index (χ1n) is 5.38. The lowest BCUT2D eigenvalue weighted by molar-refractivity contribution is -0.138. The van der Waals surface area contributed by atoms with E-state index in [1.807, 2.05) is 0 Å². The third kappa shape index (κ3) is 2.15. The molecule has 16 heavy (non-hydrogen) atoms. The van der Waals surface area contributed by atoms with Crippen molar-refractivity contribution in [1.82, 2.24) is 0 Å². The largest absolute Gasteiger partial charge is 0.508 e. The minimum absolute atomic E-state index is 0.00257. The van der Waals surface area contributed by atoms with Crippen LogP contribution < -0.4 is 0 Å². The van der Waals surface area contributed by atoms with Gasteiger partial charge in [-0.15, -0.1) is 0 Å². The van der Waals surface area contributed by atoms with Gasteiger partial charge in [0.2, 0.25) is 0 Å². The zero-order chi connectivity index (χ0) is 11.8. The van der Waals surface area contributed by atoms with Gasteiger partial charge in [0.05, 0.1) is 5.56 Å². The topological polar surface area (TPSA) is 20.2 Å². The summed E-state index contributed by atoms with van der Waals surface area (Å²) in [6.07, 6.45) is -0.774. The Morgan fingerprint density at radius 2 is 1.75 bits per heavy atom. The van der Waals surface area contributed by atoms with Gasteiger partial charge in [0.15, 0.2) is 0 Å². The van der Waals surface area contributed by atoms with E-state index in [0.717, 1.165) is 31.7 Å². The van der Waals surface area contributed by atoms with E-state index in [1.165, 1.54) is 12.1 Å².